The maximum absolute atomic E-state index is 5.59. The van der Waals surface area contributed by atoms with Gasteiger partial charge in [-0.25, -0.2) is 4.67 Å². The fourth-order valence-electron chi connectivity index (χ4n) is 1.25. The largest absolute Gasteiger partial charge is 0.380 e. The standard InChI is InChI=1S/C7H14NO3P/c1-8(2)12-10-5-7(6-11-12)3-9-4-7/h3-6H2,1-2H3. The van der Waals surface area contributed by atoms with Crippen molar-refractivity contribution in [2.75, 3.05) is 40.5 Å². The fraction of sp³-hybridized carbons (Fsp3) is 1.00. The van der Waals surface area contributed by atoms with Gasteiger partial charge in [-0.2, -0.15) is 0 Å². The van der Waals surface area contributed by atoms with E-state index in [-0.39, 0.29) is 5.41 Å². The van der Waals surface area contributed by atoms with Crippen molar-refractivity contribution in [3.8, 4) is 0 Å². The molecule has 0 atom stereocenters. The predicted octanol–water partition coefficient (Wildman–Crippen LogP) is 0.838. The van der Waals surface area contributed by atoms with Gasteiger partial charge < -0.3 is 13.8 Å². The maximum atomic E-state index is 5.59. The summed E-state index contributed by atoms with van der Waals surface area (Å²) in [7, 11) is 3.16. The molecule has 0 unspecified atom stereocenters. The molecule has 70 valence electrons. The SMILES string of the molecule is CN(C)P1OCC2(COC2)CO1. The number of hydrogen-bond donors (Lipinski definition) is 0. The monoisotopic (exact) mass is 191 g/mol. The van der Waals surface area contributed by atoms with Crippen LogP contribution in [0.4, 0.5) is 0 Å². The first-order valence-electron chi connectivity index (χ1n) is 4.03. The number of nitrogens with zero attached hydrogens (tertiary/aromatic N) is 1. The summed E-state index contributed by atoms with van der Waals surface area (Å²) in [6.07, 6.45) is 0. The summed E-state index contributed by atoms with van der Waals surface area (Å²) in [5, 5.41) is 0. The van der Waals surface area contributed by atoms with Gasteiger partial charge in [-0.3, -0.25) is 0 Å². The molecule has 4 nitrogen and oxygen atoms in total. The van der Waals surface area contributed by atoms with E-state index in [1.807, 2.05) is 18.8 Å². The second-order valence-corrected chi connectivity index (χ2v) is 5.42. The van der Waals surface area contributed by atoms with Gasteiger partial charge in [0.15, 0.2) is 0 Å². The summed E-state index contributed by atoms with van der Waals surface area (Å²) in [6, 6.07) is 0. The highest BCUT2D eigenvalue weighted by Crippen LogP contribution is 2.49. The van der Waals surface area contributed by atoms with Crippen LogP contribution in [0.25, 0.3) is 0 Å². The Hall–Kier alpha value is 0.270. The third-order valence-corrected chi connectivity index (χ3v) is 3.46. The third-order valence-electron chi connectivity index (χ3n) is 2.11. The van der Waals surface area contributed by atoms with Gasteiger partial charge in [0.2, 0.25) is 0 Å². The number of rotatable bonds is 1. The molecule has 2 saturated heterocycles. The summed E-state index contributed by atoms with van der Waals surface area (Å²) in [5.74, 6) is 0. The molecule has 1 spiro atoms. The molecular formula is C7H14NO3P. The summed E-state index contributed by atoms with van der Waals surface area (Å²) in [6.45, 7) is 3.17. The van der Waals surface area contributed by atoms with Gasteiger partial charge in [-0.1, -0.05) is 0 Å². The molecule has 5 heteroatoms. The lowest BCUT2D eigenvalue weighted by Gasteiger charge is -2.45. The zero-order chi connectivity index (χ0) is 8.60. The summed E-state index contributed by atoms with van der Waals surface area (Å²) >= 11 is 0. The lowest BCUT2D eigenvalue weighted by molar-refractivity contribution is -0.164. The van der Waals surface area contributed by atoms with Gasteiger partial charge in [0.05, 0.1) is 31.8 Å². The smallest absolute Gasteiger partial charge is 0.258 e. The van der Waals surface area contributed by atoms with Crippen LogP contribution in [0, 0.1) is 5.41 Å². The van der Waals surface area contributed by atoms with Crippen molar-refractivity contribution in [2.45, 2.75) is 0 Å². The lowest BCUT2D eigenvalue weighted by atomic mass is 9.88. The number of hydrogen-bond acceptors (Lipinski definition) is 4. The van der Waals surface area contributed by atoms with E-state index >= 15 is 0 Å². The van der Waals surface area contributed by atoms with Crippen molar-refractivity contribution in [3.05, 3.63) is 0 Å². The van der Waals surface area contributed by atoms with E-state index in [4.69, 9.17) is 13.8 Å². The van der Waals surface area contributed by atoms with E-state index in [1.165, 1.54) is 0 Å². The van der Waals surface area contributed by atoms with Crippen molar-refractivity contribution in [1.29, 1.82) is 0 Å². The van der Waals surface area contributed by atoms with Crippen LogP contribution < -0.4 is 0 Å². The molecule has 0 aromatic carbocycles. The molecule has 0 N–H and O–H groups in total. The van der Waals surface area contributed by atoms with Crippen LogP contribution in [-0.2, 0) is 13.8 Å². The van der Waals surface area contributed by atoms with E-state index in [1.54, 1.807) is 0 Å². The normalized spacial score (nSPS) is 29.2. The number of ether oxygens (including phenoxy) is 1. The topological polar surface area (TPSA) is 30.9 Å². The maximum Gasteiger partial charge on any atom is 0.258 e. The van der Waals surface area contributed by atoms with Crippen LogP contribution in [-0.4, -0.2) is 45.2 Å². The average molecular weight is 191 g/mol. The van der Waals surface area contributed by atoms with Crippen molar-refractivity contribution in [2.24, 2.45) is 5.41 Å². The first kappa shape index (κ1) is 8.85. The molecule has 2 rings (SSSR count). The second-order valence-electron chi connectivity index (χ2n) is 3.62. The van der Waals surface area contributed by atoms with Gasteiger partial charge in [0.1, 0.15) is 0 Å². The van der Waals surface area contributed by atoms with Crippen LogP contribution in [0.2, 0.25) is 0 Å². The zero-order valence-electron chi connectivity index (χ0n) is 7.45. The van der Waals surface area contributed by atoms with Crippen LogP contribution in [0.5, 0.6) is 0 Å². The van der Waals surface area contributed by atoms with E-state index < -0.39 is 8.53 Å². The molecule has 0 bridgehead atoms. The first-order chi connectivity index (χ1) is 5.72. The van der Waals surface area contributed by atoms with Crippen molar-refractivity contribution in [1.82, 2.24) is 4.67 Å². The van der Waals surface area contributed by atoms with Crippen molar-refractivity contribution >= 4 is 8.53 Å². The van der Waals surface area contributed by atoms with E-state index in [9.17, 15) is 0 Å². The van der Waals surface area contributed by atoms with Crippen molar-refractivity contribution in [3.63, 3.8) is 0 Å². The average Bonchev–Trinajstić information content (AvgIpc) is 2.02. The molecule has 2 heterocycles. The highest BCUT2D eigenvalue weighted by Gasteiger charge is 2.44. The summed E-state index contributed by atoms with van der Waals surface area (Å²) in [4.78, 5) is 0. The molecule has 2 fully saturated rings. The Balaban J connectivity index is 1.84. The van der Waals surface area contributed by atoms with Gasteiger partial charge in [0, 0.05) is 0 Å². The molecule has 0 aromatic heterocycles. The predicted molar refractivity (Wildman–Crippen MR) is 45.8 cm³/mol. The molecule has 0 saturated carbocycles. The molecule has 0 aromatic rings. The third kappa shape index (κ3) is 1.50. The fourth-order valence-corrected chi connectivity index (χ4v) is 2.56. The molecule has 0 amide bonds. The van der Waals surface area contributed by atoms with E-state index in [0.29, 0.717) is 0 Å². The van der Waals surface area contributed by atoms with Crippen LogP contribution in [0.15, 0.2) is 0 Å². The molecule has 0 aliphatic carbocycles. The van der Waals surface area contributed by atoms with Gasteiger partial charge in [-0.05, 0) is 14.1 Å². The van der Waals surface area contributed by atoms with Crippen LogP contribution in [0.3, 0.4) is 0 Å². The van der Waals surface area contributed by atoms with Gasteiger partial charge in [0.25, 0.3) is 8.53 Å². The Labute approximate surface area is 73.7 Å². The minimum Gasteiger partial charge on any atom is -0.380 e. The second kappa shape index (κ2) is 3.20. The van der Waals surface area contributed by atoms with Gasteiger partial charge in [-0.15, -0.1) is 0 Å². The Bertz CT molecular complexity index is 162. The van der Waals surface area contributed by atoms with Crippen LogP contribution in [0.1, 0.15) is 0 Å². The highest BCUT2D eigenvalue weighted by atomic mass is 31.2. The summed E-state index contributed by atoms with van der Waals surface area (Å²) < 4.78 is 18.3. The first-order valence-corrected chi connectivity index (χ1v) is 5.16. The Morgan fingerprint density at radius 3 is 2.00 bits per heavy atom. The molecular weight excluding hydrogens is 177 g/mol. The Morgan fingerprint density at radius 1 is 1.08 bits per heavy atom. The van der Waals surface area contributed by atoms with Crippen molar-refractivity contribution < 1.29 is 13.8 Å². The minimum atomic E-state index is -0.783. The molecule has 2 aliphatic rings. The van der Waals surface area contributed by atoms with Gasteiger partial charge >= 0.3 is 0 Å². The molecule has 12 heavy (non-hydrogen) atoms. The minimum absolute atomic E-state index is 0.189. The summed E-state index contributed by atoms with van der Waals surface area (Å²) in [5.41, 5.74) is 0.189. The van der Waals surface area contributed by atoms with Crippen LogP contribution >= 0.6 is 8.53 Å². The Kier molecular flexibility index (Phi) is 2.36. The Morgan fingerprint density at radius 2 is 1.67 bits per heavy atom. The highest BCUT2D eigenvalue weighted by molar-refractivity contribution is 7.44. The van der Waals surface area contributed by atoms with E-state index in [0.717, 1.165) is 26.4 Å². The lowest BCUT2D eigenvalue weighted by Crippen LogP contribution is -2.51. The van der Waals surface area contributed by atoms with E-state index in [2.05, 4.69) is 0 Å². The molecule has 2 aliphatic heterocycles. The zero-order valence-corrected chi connectivity index (χ0v) is 8.34. The quantitative estimate of drug-likeness (QED) is 0.574. The molecule has 0 radical (unpaired) electrons.